The maximum absolute atomic E-state index is 15.5. The summed E-state index contributed by atoms with van der Waals surface area (Å²) in [6.45, 7) is 4.74. The number of likely N-dealkylation sites (tertiary alicyclic amines) is 1. The van der Waals surface area contributed by atoms with Gasteiger partial charge >= 0.3 is 5.97 Å². The Balaban J connectivity index is 1.64. The van der Waals surface area contributed by atoms with Gasteiger partial charge in [-0.1, -0.05) is 44.2 Å². The Bertz CT molecular complexity index is 931. The summed E-state index contributed by atoms with van der Waals surface area (Å²) in [6.07, 6.45) is 7.76. The smallest absolute Gasteiger partial charge is 0.309 e. The number of fused-ring (bicyclic) bond motifs is 1. The van der Waals surface area contributed by atoms with Crippen LogP contribution in [0.3, 0.4) is 0 Å². The van der Waals surface area contributed by atoms with Crippen molar-refractivity contribution >= 4 is 28.5 Å². The summed E-state index contributed by atoms with van der Waals surface area (Å²) in [5.74, 6) is -0.214. The molecule has 1 aromatic carbocycles. The minimum Gasteiger partial charge on any atom is -0.497 e. The van der Waals surface area contributed by atoms with Crippen molar-refractivity contribution in [3.05, 3.63) is 35.0 Å². The summed E-state index contributed by atoms with van der Waals surface area (Å²) in [5.41, 5.74) is 0.124. The van der Waals surface area contributed by atoms with Gasteiger partial charge in [0.2, 0.25) is 0 Å². The fourth-order valence-corrected chi connectivity index (χ4v) is 5.14. The molecule has 0 amide bonds. The Labute approximate surface area is 201 Å². The lowest BCUT2D eigenvalue weighted by Gasteiger charge is -2.39. The first-order chi connectivity index (χ1) is 15.9. The summed E-state index contributed by atoms with van der Waals surface area (Å²) in [6, 6.07) is 5.29. The number of halogens is 2. The number of ether oxygens (including phenoxy) is 1. The van der Waals surface area contributed by atoms with Crippen LogP contribution in [0.15, 0.2) is 24.4 Å². The number of aliphatic carboxylic acids is 1. The van der Waals surface area contributed by atoms with Gasteiger partial charge in [0, 0.05) is 17.1 Å². The standard InChI is InChI=1S/C26H36ClFN2O3/c1-3-4-5-6-7-14-30-15-12-26(13-16-30,25(31)32)11-10-22(28)24-20-17-19(33-2)8-9-23(20)29-18-21(24)27/h8-9,17-18,22H,3-7,10-16H2,1-2H3,(H,31,32)/t22-/m0/s1. The molecule has 0 radical (unpaired) electrons. The van der Waals surface area contributed by atoms with Crippen molar-refractivity contribution in [1.82, 2.24) is 9.88 Å². The van der Waals surface area contributed by atoms with E-state index >= 15 is 4.39 Å². The maximum Gasteiger partial charge on any atom is 0.309 e. The fraction of sp³-hybridized carbons (Fsp3) is 0.615. The number of carbonyl (C=O) groups is 1. The molecule has 0 saturated carbocycles. The van der Waals surface area contributed by atoms with Crippen LogP contribution in [-0.2, 0) is 4.79 Å². The number of carboxylic acid groups (broad SMARTS) is 1. The van der Waals surface area contributed by atoms with Crippen molar-refractivity contribution < 1.29 is 19.0 Å². The van der Waals surface area contributed by atoms with E-state index in [-0.39, 0.29) is 17.9 Å². The van der Waals surface area contributed by atoms with Crippen molar-refractivity contribution in [3.8, 4) is 5.75 Å². The SMILES string of the molecule is CCCCCCCN1CCC(CC[C@H](F)c2c(Cl)cnc3ccc(OC)cc23)(C(=O)O)CC1. The summed E-state index contributed by atoms with van der Waals surface area (Å²) in [4.78, 5) is 18.9. The fourth-order valence-electron chi connectivity index (χ4n) is 4.87. The van der Waals surface area contributed by atoms with E-state index in [1.807, 2.05) is 0 Å². The van der Waals surface area contributed by atoms with Crippen molar-refractivity contribution in [2.45, 2.75) is 70.9 Å². The molecule has 2 heterocycles. The van der Waals surface area contributed by atoms with Crippen LogP contribution in [0.4, 0.5) is 4.39 Å². The number of methoxy groups -OCH3 is 1. The van der Waals surface area contributed by atoms with Crippen LogP contribution in [0.1, 0.15) is 76.4 Å². The number of alkyl halides is 1. The molecule has 2 aromatic rings. The van der Waals surface area contributed by atoms with E-state index in [2.05, 4.69) is 16.8 Å². The number of hydrogen-bond donors (Lipinski definition) is 1. The molecule has 1 aromatic heterocycles. The molecule has 0 aliphatic carbocycles. The Hall–Kier alpha value is -1.92. The Morgan fingerprint density at radius 1 is 1.27 bits per heavy atom. The molecule has 7 heteroatoms. The number of hydrogen-bond acceptors (Lipinski definition) is 4. The Morgan fingerprint density at radius 3 is 2.67 bits per heavy atom. The normalized spacial score (nSPS) is 17.2. The van der Waals surface area contributed by atoms with Crippen molar-refractivity contribution in [1.29, 1.82) is 0 Å². The third-order valence-corrected chi connectivity index (χ3v) is 7.40. The van der Waals surface area contributed by atoms with E-state index in [4.69, 9.17) is 16.3 Å². The molecule has 1 aliphatic rings. The summed E-state index contributed by atoms with van der Waals surface area (Å²) in [5, 5.41) is 10.9. The third kappa shape index (κ3) is 6.36. The minimum absolute atomic E-state index is 0.110. The van der Waals surface area contributed by atoms with Crippen LogP contribution in [0.2, 0.25) is 5.02 Å². The van der Waals surface area contributed by atoms with Crippen LogP contribution in [0.25, 0.3) is 10.9 Å². The van der Waals surface area contributed by atoms with Gasteiger partial charge in [-0.25, -0.2) is 4.39 Å². The molecule has 1 fully saturated rings. The zero-order valence-corrected chi connectivity index (χ0v) is 20.5. The van der Waals surface area contributed by atoms with Gasteiger partial charge in [-0.05, 0) is 69.9 Å². The third-order valence-electron chi connectivity index (χ3n) is 7.10. The average molecular weight is 479 g/mol. The van der Waals surface area contributed by atoms with Gasteiger partial charge in [-0.2, -0.15) is 0 Å². The number of carboxylic acids is 1. The lowest BCUT2D eigenvalue weighted by molar-refractivity contribution is -0.153. The molecule has 1 atom stereocenters. The van der Waals surface area contributed by atoms with Crippen LogP contribution < -0.4 is 4.74 Å². The first kappa shape index (κ1) is 25.7. The van der Waals surface area contributed by atoms with Crippen LogP contribution in [0.5, 0.6) is 5.75 Å². The molecule has 3 rings (SSSR count). The molecule has 0 spiro atoms. The largest absolute Gasteiger partial charge is 0.497 e. The number of pyridine rings is 1. The number of rotatable bonds is 12. The second-order valence-electron chi connectivity index (χ2n) is 9.25. The highest BCUT2D eigenvalue weighted by molar-refractivity contribution is 6.32. The zero-order chi connectivity index (χ0) is 23.8. The predicted molar refractivity (Wildman–Crippen MR) is 131 cm³/mol. The molecule has 33 heavy (non-hydrogen) atoms. The molecular formula is C26H36ClFN2O3. The predicted octanol–water partition coefficient (Wildman–Crippen LogP) is 6.82. The van der Waals surface area contributed by atoms with Gasteiger partial charge in [0.05, 0.1) is 23.1 Å². The van der Waals surface area contributed by atoms with Crippen LogP contribution in [-0.4, -0.2) is 47.7 Å². The lowest BCUT2D eigenvalue weighted by atomic mass is 9.74. The number of aromatic nitrogens is 1. The Morgan fingerprint density at radius 2 is 2.00 bits per heavy atom. The number of benzene rings is 1. The van der Waals surface area contributed by atoms with Crippen LogP contribution >= 0.6 is 11.6 Å². The van der Waals surface area contributed by atoms with Crippen LogP contribution in [0, 0.1) is 5.41 Å². The van der Waals surface area contributed by atoms with Gasteiger partial charge in [0.25, 0.3) is 0 Å². The van der Waals surface area contributed by atoms with E-state index in [0.717, 1.165) is 26.1 Å². The zero-order valence-electron chi connectivity index (χ0n) is 19.8. The molecule has 5 nitrogen and oxygen atoms in total. The summed E-state index contributed by atoms with van der Waals surface area (Å²) < 4.78 is 20.8. The summed E-state index contributed by atoms with van der Waals surface area (Å²) in [7, 11) is 1.56. The maximum atomic E-state index is 15.5. The quantitative estimate of drug-likeness (QED) is 0.339. The van der Waals surface area contributed by atoms with Gasteiger partial charge in [-0.3, -0.25) is 9.78 Å². The van der Waals surface area contributed by atoms with Gasteiger partial charge in [-0.15, -0.1) is 0 Å². The second kappa shape index (κ2) is 12.0. The van der Waals surface area contributed by atoms with Gasteiger partial charge < -0.3 is 14.7 Å². The van der Waals surface area contributed by atoms with Crippen molar-refractivity contribution in [3.63, 3.8) is 0 Å². The highest BCUT2D eigenvalue weighted by Crippen LogP contribution is 2.42. The minimum atomic E-state index is -1.37. The second-order valence-corrected chi connectivity index (χ2v) is 9.66. The molecule has 0 unspecified atom stereocenters. The monoisotopic (exact) mass is 478 g/mol. The molecule has 182 valence electrons. The van der Waals surface area contributed by atoms with E-state index in [9.17, 15) is 9.90 Å². The molecule has 1 aliphatic heterocycles. The van der Waals surface area contributed by atoms with Crippen molar-refractivity contribution in [2.75, 3.05) is 26.7 Å². The lowest BCUT2D eigenvalue weighted by Crippen LogP contribution is -2.44. The molecule has 0 bridgehead atoms. The van der Waals surface area contributed by atoms with E-state index in [0.29, 0.717) is 35.1 Å². The number of nitrogens with zero attached hydrogens (tertiary/aromatic N) is 2. The average Bonchev–Trinajstić information content (AvgIpc) is 2.82. The summed E-state index contributed by atoms with van der Waals surface area (Å²) >= 11 is 6.35. The first-order valence-electron chi connectivity index (χ1n) is 12.1. The molecular weight excluding hydrogens is 443 g/mol. The number of unbranched alkanes of at least 4 members (excludes halogenated alkanes) is 4. The topological polar surface area (TPSA) is 62.7 Å². The Kier molecular flexibility index (Phi) is 9.33. The van der Waals surface area contributed by atoms with E-state index in [1.54, 1.807) is 25.3 Å². The van der Waals surface area contributed by atoms with Gasteiger partial charge in [0.15, 0.2) is 0 Å². The molecule has 1 N–H and O–H groups in total. The van der Waals surface area contributed by atoms with Gasteiger partial charge in [0.1, 0.15) is 11.9 Å². The van der Waals surface area contributed by atoms with E-state index in [1.165, 1.54) is 31.9 Å². The highest BCUT2D eigenvalue weighted by atomic mass is 35.5. The first-order valence-corrected chi connectivity index (χ1v) is 12.5. The number of piperidine rings is 1. The molecule has 1 saturated heterocycles. The van der Waals surface area contributed by atoms with Crippen molar-refractivity contribution in [2.24, 2.45) is 5.41 Å². The van der Waals surface area contributed by atoms with E-state index < -0.39 is 17.6 Å². The highest BCUT2D eigenvalue weighted by Gasteiger charge is 2.41.